The topological polar surface area (TPSA) is 15.3 Å². The second-order valence-electron chi connectivity index (χ2n) is 5.33. The molecule has 1 fully saturated rings. The maximum absolute atomic E-state index is 3.46. The van der Waals surface area contributed by atoms with Crippen LogP contribution in [0.5, 0.6) is 0 Å². The first-order chi connectivity index (χ1) is 6.54. The summed E-state index contributed by atoms with van der Waals surface area (Å²) in [5.74, 6) is 1.67. The molecule has 0 aromatic heterocycles. The molecular weight excluding hydrogens is 172 g/mol. The van der Waals surface area contributed by atoms with Gasteiger partial charge in [0.15, 0.2) is 0 Å². The molecule has 0 amide bonds. The van der Waals surface area contributed by atoms with E-state index in [0.29, 0.717) is 12.1 Å². The Kier molecular flexibility index (Phi) is 4.39. The van der Waals surface area contributed by atoms with Crippen LogP contribution in [-0.4, -0.2) is 37.1 Å². The molecule has 0 aromatic carbocycles. The van der Waals surface area contributed by atoms with Crippen molar-refractivity contribution in [2.24, 2.45) is 11.8 Å². The second-order valence-corrected chi connectivity index (χ2v) is 5.33. The van der Waals surface area contributed by atoms with Crippen molar-refractivity contribution in [3.05, 3.63) is 0 Å². The molecule has 1 rings (SSSR count). The van der Waals surface area contributed by atoms with Crippen LogP contribution in [0.15, 0.2) is 0 Å². The van der Waals surface area contributed by atoms with Gasteiger partial charge in [0, 0.05) is 25.2 Å². The van der Waals surface area contributed by atoms with Crippen LogP contribution in [0.2, 0.25) is 0 Å². The third-order valence-electron chi connectivity index (χ3n) is 3.34. The quantitative estimate of drug-likeness (QED) is 0.743. The fourth-order valence-corrected chi connectivity index (χ4v) is 2.50. The second kappa shape index (κ2) is 5.13. The van der Waals surface area contributed by atoms with Gasteiger partial charge in [0.1, 0.15) is 0 Å². The van der Waals surface area contributed by atoms with Gasteiger partial charge in [0.05, 0.1) is 0 Å². The molecule has 2 nitrogen and oxygen atoms in total. The molecule has 84 valence electrons. The maximum atomic E-state index is 3.46. The molecule has 1 N–H and O–H groups in total. The molecule has 0 unspecified atom stereocenters. The fraction of sp³-hybridized carbons (Fsp3) is 1.00. The van der Waals surface area contributed by atoms with Crippen molar-refractivity contribution in [2.75, 3.05) is 20.1 Å². The summed E-state index contributed by atoms with van der Waals surface area (Å²) in [7, 11) is 2.10. The summed E-state index contributed by atoms with van der Waals surface area (Å²) < 4.78 is 0. The van der Waals surface area contributed by atoms with E-state index in [0.717, 1.165) is 11.8 Å². The molecule has 0 aromatic rings. The number of hydrogen-bond donors (Lipinski definition) is 1. The van der Waals surface area contributed by atoms with E-state index in [1.54, 1.807) is 0 Å². The van der Waals surface area contributed by atoms with E-state index in [1.165, 1.54) is 19.5 Å². The Morgan fingerprint density at radius 3 is 2.29 bits per heavy atom. The molecule has 1 aliphatic heterocycles. The fourth-order valence-electron chi connectivity index (χ4n) is 2.50. The number of nitrogens with one attached hydrogen (secondary N) is 1. The van der Waals surface area contributed by atoms with Gasteiger partial charge in [-0.25, -0.2) is 0 Å². The van der Waals surface area contributed by atoms with Crippen LogP contribution in [0.3, 0.4) is 0 Å². The van der Waals surface area contributed by atoms with Gasteiger partial charge >= 0.3 is 0 Å². The molecule has 0 aliphatic carbocycles. The lowest BCUT2D eigenvalue weighted by molar-refractivity contribution is 0.258. The zero-order valence-corrected chi connectivity index (χ0v) is 10.4. The Morgan fingerprint density at radius 1 is 1.21 bits per heavy atom. The van der Waals surface area contributed by atoms with E-state index in [1.807, 2.05) is 0 Å². The first-order valence-electron chi connectivity index (χ1n) is 5.96. The first kappa shape index (κ1) is 12.0. The minimum atomic E-state index is 0.697. The van der Waals surface area contributed by atoms with Crippen LogP contribution in [0.25, 0.3) is 0 Å². The Morgan fingerprint density at radius 2 is 1.86 bits per heavy atom. The smallest absolute Gasteiger partial charge is 0.0232 e. The Bertz CT molecular complexity index is 166. The summed E-state index contributed by atoms with van der Waals surface area (Å²) in [6.45, 7) is 11.7. The zero-order chi connectivity index (χ0) is 10.7. The van der Waals surface area contributed by atoms with Crippen LogP contribution in [0, 0.1) is 11.8 Å². The highest BCUT2D eigenvalue weighted by atomic mass is 15.2. The summed E-state index contributed by atoms with van der Waals surface area (Å²) in [5, 5.41) is 3.46. The molecule has 0 saturated carbocycles. The van der Waals surface area contributed by atoms with Gasteiger partial charge in [-0.3, -0.25) is 4.90 Å². The third kappa shape index (κ3) is 2.96. The predicted octanol–water partition coefficient (Wildman–Crippen LogP) is 1.96. The van der Waals surface area contributed by atoms with Crippen LogP contribution in [-0.2, 0) is 0 Å². The van der Waals surface area contributed by atoms with Crippen LogP contribution in [0.1, 0.15) is 34.1 Å². The summed E-state index contributed by atoms with van der Waals surface area (Å²) in [6, 6.07) is 1.41. The molecule has 1 heterocycles. The molecule has 2 heteroatoms. The molecule has 0 radical (unpaired) electrons. The van der Waals surface area contributed by atoms with Crippen LogP contribution < -0.4 is 5.32 Å². The number of likely N-dealkylation sites (N-methyl/N-ethyl adjacent to an activating group) is 1. The van der Waals surface area contributed by atoms with E-state index >= 15 is 0 Å². The van der Waals surface area contributed by atoms with Crippen molar-refractivity contribution in [3.63, 3.8) is 0 Å². The highest BCUT2D eigenvalue weighted by Crippen LogP contribution is 2.24. The molecule has 0 bridgehead atoms. The number of likely N-dealkylation sites (tertiary alicyclic amines) is 1. The average Bonchev–Trinajstić information content (AvgIpc) is 2.46. The van der Waals surface area contributed by atoms with Gasteiger partial charge < -0.3 is 5.32 Å². The third-order valence-corrected chi connectivity index (χ3v) is 3.34. The van der Waals surface area contributed by atoms with Gasteiger partial charge in [-0.15, -0.1) is 0 Å². The summed E-state index contributed by atoms with van der Waals surface area (Å²) in [6.07, 6.45) is 1.36. The summed E-state index contributed by atoms with van der Waals surface area (Å²) in [5.41, 5.74) is 0. The Hall–Kier alpha value is -0.0800. The molecule has 2 atom stereocenters. The largest absolute Gasteiger partial charge is 0.315 e. The first-order valence-corrected chi connectivity index (χ1v) is 5.96. The summed E-state index contributed by atoms with van der Waals surface area (Å²) >= 11 is 0. The molecule has 14 heavy (non-hydrogen) atoms. The van der Waals surface area contributed by atoms with Crippen molar-refractivity contribution in [2.45, 2.75) is 46.2 Å². The normalized spacial score (nSPS) is 29.4. The number of nitrogens with zero attached hydrogens (tertiary/aromatic N) is 1. The Balaban J connectivity index is 2.49. The van der Waals surface area contributed by atoms with Crippen molar-refractivity contribution in [1.29, 1.82) is 0 Å². The van der Waals surface area contributed by atoms with Gasteiger partial charge in [-0.1, -0.05) is 13.8 Å². The van der Waals surface area contributed by atoms with E-state index in [2.05, 4.69) is 45.0 Å². The van der Waals surface area contributed by atoms with E-state index in [-0.39, 0.29) is 0 Å². The SMILES string of the molecule is CN[C@H]1CN(C(C)C)C[C@H]1CC(C)C. The van der Waals surface area contributed by atoms with Gasteiger partial charge in [-0.2, -0.15) is 0 Å². The lowest BCUT2D eigenvalue weighted by atomic mass is 9.93. The summed E-state index contributed by atoms with van der Waals surface area (Å²) in [4.78, 5) is 2.59. The molecule has 1 aliphatic rings. The van der Waals surface area contributed by atoms with Crippen molar-refractivity contribution in [1.82, 2.24) is 10.2 Å². The van der Waals surface area contributed by atoms with E-state index < -0.39 is 0 Å². The van der Waals surface area contributed by atoms with Crippen LogP contribution in [0.4, 0.5) is 0 Å². The average molecular weight is 198 g/mol. The Labute approximate surface area is 89.1 Å². The van der Waals surface area contributed by atoms with Crippen molar-refractivity contribution >= 4 is 0 Å². The monoisotopic (exact) mass is 198 g/mol. The van der Waals surface area contributed by atoms with Crippen LogP contribution >= 0.6 is 0 Å². The molecular formula is C12H26N2. The van der Waals surface area contributed by atoms with Gasteiger partial charge in [-0.05, 0) is 39.2 Å². The standard InChI is InChI=1S/C12H26N2/c1-9(2)6-11-7-14(10(3)4)8-12(11)13-5/h9-13H,6-8H2,1-5H3/t11-,12+/m1/s1. The van der Waals surface area contributed by atoms with E-state index in [9.17, 15) is 0 Å². The highest BCUT2D eigenvalue weighted by Gasteiger charge is 2.32. The highest BCUT2D eigenvalue weighted by molar-refractivity contribution is 4.89. The lowest BCUT2D eigenvalue weighted by Gasteiger charge is -2.20. The van der Waals surface area contributed by atoms with Gasteiger partial charge in [0.2, 0.25) is 0 Å². The predicted molar refractivity (Wildman–Crippen MR) is 62.5 cm³/mol. The number of hydrogen-bond acceptors (Lipinski definition) is 2. The number of rotatable bonds is 4. The van der Waals surface area contributed by atoms with E-state index in [4.69, 9.17) is 0 Å². The maximum Gasteiger partial charge on any atom is 0.0232 e. The molecule has 0 spiro atoms. The van der Waals surface area contributed by atoms with Crippen molar-refractivity contribution < 1.29 is 0 Å². The minimum Gasteiger partial charge on any atom is -0.315 e. The zero-order valence-electron chi connectivity index (χ0n) is 10.4. The lowest BCUT2D eigenvalue weighted by Crippen LogP contribution is -2.35. The minimum absolute atomic E-state index is 0.697. The van der Waals surface area contributed by atoms with Crippen molar-refractivity contribution in [3.8, 4) is 0 Å². The molecule has 1 saturated heterocycles. The van der Waals surface area contributed by atoms with Gasteiger partial charge in [0.25, 0.3) is 0 Å².